The summed E-state index contributed by atoms with van der Waals surface area (Å²) in [6, 6.07) is 22.0. The van der Waals surface area contributed by atoms with Crippen molar-refractivity contribution < 1.29 is 9.59 Å². The summed E-state index contributed by atoms with van der Waals surface area (Å²) in [7, 11) is 1.57. The molecule has 0 aliphatic rings. The SMILES string of the molecule is CNC(=O)c1cccc(NC(=O)c2ccc(-n3cnc4ccccc43)cc2)c1. The number of hydrogen-bond donors (Lipinski definition) is 2. The van der Waals surface area contributed by atoms with Crippen LogP contribution in [0.5, 0.6) is 0 Å². The highest BCUT2D eigenvalue weighted by atomic mass is 16.2. The molecule has 1 heterocycles. The summed E-state index contributed by atoms with van der Waals surface area (Å²) in [5.41, 5.74) is 4.43. The summed E-state index contributed by atoms with van der Waals surface area (Å²) in [6.45, 7) is 0. The van der Waals surface area contributed by atoms with Gasteiger partial charge < -0.3 is 10.6 Å². The number of carbonyl (C=O) groups is 2. The van der Waals surface area contributed by atoms with Gasteiger partial charge >= 0.3 is 0 Å². The average Bonchev–Trinajstić information content (AvgIpc) is 3.17. The topological polar surface area (TPSA) is 76.0 Å². The maximum Gasteiger partial charge on any atom is 0.255 e. The van der Waals surface area contributed by atoms with Crippen LogP contribution in [0, 0.1) is 0 Å². The van der Waals surface area contributed by atoms with Crippen molar-refractivity contribution in [1.82, 2.24) is 14.9 Å². The number of para-hydroxylation sites is 2. The van der Waals surface area contributed by atoms with Crippen LogP contribution in [0.25, 0.3) is 16.7 Å². The number of nitrogens with zero attached hydrogens (tertiary/aromatic N) is 2. The minimum atomic E-state index is -0.240. The number of rotatable bonds is 4. The van der Waals surface area contributed by atoms with E-state index < -0.39 is 0 Å². The lowest BCUT2D eigenvalue weighted by atomic mass is 10.1. The lowest BCUT2D eigenvalue weighted by Gasteiger charge is -2.09. The molecule has 0 saturated heterocycles. The monoisotopic (exact) mass is 370 g/mol. The molecule has 0 unspecified atom stereocenters. The second-order valence-electron chi connectivity index (χ2n) is 6.26. The van der Waals surface area contributed by atoms with Crippen LogP contribution in [-0.4, -0.2) is 28.4 Å². The number of imidazole rings is 1. The Labute approximate surface area is 161 Å². The van der Waals surface area contributed by atoms with Gasteiger partial charge in [-0.25, -0.2) is 4.98 Å². The first-order valence-corrected chi connectivity index (χ1v) is 8.82. The predicted octanol–water partition coefficient (Wildman–Crippen LogP) is 3.64. The summed E-state index contributed by atoms with van der Waals surface area (Å²) in [5.74, 6) is -0.441. The average molecular weight is 370 g/mol. The number of fused-ring (bicyclic) bond motifs is 1. The van der Waals surface area contributed by atoms with Crippen molar-refractivity contribution >= 4 is 28.5 Å². The zero-order valence-corrected chi connectivity index (χ0v) is 15.2. The Kier molecular flexibility index (Phi) is 4.60. The first-order valence-electron chi connectivity index (χ1n) is 8.82. The van der Waals surface area contributed by atoms with Crippen LogP contribution in [0.15, 0.2) is 79.1 Å². The van der Waals surface area contributed by atoms with Crippen molar-refractivity contribution in [3.8, 4) is 5.69 Å². The van der Waals surface area contributed by atoms with Crippen molar-refractivity contribution in [2.75, 3.05) is 12.4 Å². The summed E-state index contributed by atoms with van der Waals surface area (Å²) < 4.78 is 1.98. The van der Waals surface area contributed by atoms with Crippen LogP contribution in [0.2, 0.25) is 0 Å². The minimum absolute atomic E-state index is 0.201. The quantitative estimate of drug-likeness (QED) is 0.576. The van der Waals surface area contributed by atoms with E-state index in [1.54, 1.807) is 49.8 Å². The molecule has 0 atom stereocenters. The Morgan fingerprint density at radius 3 is 2.43 bits per heavy atom. The third-order valence-electron chi connectivity index (χ3n) is 4.47. The Bertz CT molecular complexity index is 1160. The zero-order chi connectivity index (χ0) is 19.5. The van der Waals surface area contributed by atoms with E-state index >= 15 is 0 Å². The van der Waals surface area contributed by atoms with Gasteiger partial charge in [0.1, 0.15) is 6.33 Å². The highest BCUT2D eigenvalue weighted by Gasteiger charge is 2.10. The molecule has 1 aromatic heterocycles. The molecule has 138 valence electrons. The van der Waals surface area contributed by atoms with E-state index in [-0.39, 0.29) is 11.8 Å². The van der Waals surface area contributed by atoms with E-state index in [1.165, 1.54) is 0 Å². The Morgan fingerprint density at radius 1 is 0.857 bits per heavy atom. The fourth-order valence-corrected chi connectivity index (χ4v) is 3.02. The number of benzene rings is 3. The van der Waals surface area contributed by atoms with Crippen LogP contribution in [0.1, 0.15) is 20.7 Å². The molecule has 2 N–H and O–H groups in total. The Hall–Kier alpha value is -3.93. The van der Waals surface area contributed by atoms with Crippen molar-refractivity contribution in [3.05, 3.63) is 90.3 Å². The first-order chi connectivity index (χ1) is 13.7. The summed E-state index contributed by atoms with van der Waals surface area (Å²) >= 11 is 0. The second kappa shape index (κ2) is 7.36. The van der Waals surface area contributed by atoms with Crippen LogP contribution < -0.4 is 10.6 Å². The van der Waals surface area contributed by atoms with Crippen LogP contribution in [0.3, 0.4) is 0 Å². The van der Waals surface area contributed by atoms with E-state index in [2.05, 4.69) is 15.6 Å². The molecule has 0 radical (unpaired) electrons. The van der Waals surface area contributed by atoms with E-state index in [0.717, 1.165) is 16.7 Å². The molecule has 4 aromatic rings. The molecule has 6 nitrogen and oxygen atoms in total. The molecular formula is C22H18N4O2. The molecule has 0 aliphatic heterocycles. The third-order valence-corrected chi connectivity index (χ3v) is 4.47. The standard InChI is InChI=1S/C22H18N4O2/c1-23-21(27)16-5-4-6-17(13-16)25-22(28)15-9-11-18(12-10-15)26-14-24-19-7-2-3-8-20(19)26/h2-14H,1H3,(H,23,27)(H,25,28). The molecule has 4 rings (SSSR count). The van der Waals surface area contributed by atoms with Crippen molar-refractivity contribution in [2.45, 2.75) is 0 Å². The van der Waals surface area contributed by atoms with Gasteiger partial charge in [-0.2, -0.15) is 0 Å². The fraction of sp³-hybridized carbons (Fsp3) is 0.0455. The highest BCUT2D eigenvalue weighted by Crippen LogP contribution is 2.19. The van der Waals surface area contributed by atoms with E-state index in [1.807, 2.05) is 41.0 Å². The maximum atomic E-state index is 12.5. The number of carbonyl (C=O) groups excluding carboxylic acids is 2. The van der Waals surface area contributed by atoms with Crippen molar-refractivity contribution in [3.63, 3.8) is 0 Å². The molecule has 0 fully saturated rings. The zero-order valence-electron chi connectivity index (χ0n) is 15.2. The molecular weight excluding hydrogens is 352 g/mol. The number of amides is 2. The van der Waals surface area contributed by atoms with Gasteiger partial charge in [0.25, 0.3) is 11.8 Å². The smallest absolute Gasteiger partial charge is 0.255 e. The third kappa shape index (κ3) is 3.35. The number of hydrogen-bond acceptors (Lipinski definition) is 3. The van der Waals surface area contributed by atoms with Crippen LogP contribution in [-0.2, 0) is 0 Å². The fourth-order valence-electron chi connectivity index (χ4n) is 3.02. The molecule has 6 heteroatoms. The second-order valence-corrected chi connectivity index (χ2v) is 6.26. The van der Waals surface area contributed by atoms with Gasteiger partial charge in [0.15, 0.2) is 0 Å². The molecule has 2 amide bonds. The highest BCUT2D eigenvalue weighted by molar-refractivity contribution is 6.05. The molecule has 3 aromatic carbocycles. The molecule has 0 bridgehead atoms. The van der Waals surface area contributed by atoms with Gasteiger partial charge in [-0.1, -0.05) is 18.2 Å². The lowest BCUT2D eigenvalue weighted by Crippen LogP contribution is -2.18. The molecule has 0 saturated carbocycles. The van der Waals surface area contributed by atoms with Gasteiger partial charge in [-0.3, -0.25) is 14.2 Å². The summed E-state index contributed by atoms with van der Waals surface area (Å²) in [4.78, 5) is 28.7. The lowest BCUT2D eigenvalue weighted by molar-refractivity contribution is 0.0961. The largest absolute Gasteiger partial charge is 0.355 e. The van der Waals surface area contributed by atoms with E-state index in [9.17, 15) is 9.59 Å². The van der Waals surface area contributed by atoms with Gasteiger partial charge in [-0.05, 0) is 54.6 Å². The first kappa shape index (κ1) is 17.5. The van der Waals surface area contributed by atoms with Crippen molar-refractivity contribution in [2.24, 2.45) is 0 Å². The van der Waals surface area contributed by atoms with E-state index in [4.69, 9.17) is 0 Å². The van der Waals surface area contributed by atoms with Gasteiger partial charge in [0.05, 0.1) is 11.0 Å². The van der Waals surface area contributed by atoms with Crippen molar-refractivity contribution in [1.29, 1.82) is 0 Å². The van der Waals surface area contributed by atoms with Gasteiger partial charge in [0.2, 0.25) is 0 Å². The molecule has 28 heavy (non-hydrogen) atoms. The van der Waals surface area contributed by atoms with Crippen LogP contribution in [0.4, 0.5) is 5.69 Å². The number of aromatic nitrogens is 2. The van der Waals surface area contributed by atoms with Crippen LogP contribution >= 0.6 is 0 Å². The maximum absolute atomic E-state index is 12.5. The Balaban J connectivity index is 1.54. The summed E-state index contributed by atoms with van der Waals surface area (Å²) in [5, 5.41) is 5.39. The summed E-state index contributed by atoms with van der Waals surface area (Å²) in [6.07, 6.45) is 1.77. The molecule has 0 aliphatic carbocycles. The van der Waals surface area contributed by atoms with E-state index in [0.29, 0.717) is 16.8 Å². The van der Waals surface area contributed by atoms with Gasteiger partial charge in [-0.15, -0.1) is 0 Å². The minimum Gasteiger partial charge on any atom is -0.355 e. The normalized spacial score (nSPS) is 10.6. The molecule has 0 spiro atoms. The number of anilines is 1. The van der Waals surface area contributed by atoms with Gasteiger partial charge in [0, 0.05) is 29.5 Å². The Morgan fingerprint density at radius 2 is 1.64 bits per heavy atom. The predicted molar refractivity (Wildman–Crippen MR) is 109 cm³/mol. The number of nitrogens with one attached hydrogen (secondary N) is 2.